The molecule has 1 amide bonds. The van der Waals surface area contributed by atoms with E-state index in [0.29, 0.717) is 24.3 Å². The molecule has 0 unspecified atom stereocenters. The summed E-state index contributed by atoms with van der Waals surface area (Å²) in [6, 6.07) is 0.0187. The molecule has 1 rings (SSSR count). The average molecular weight is 179 g/mol. The van der Waals surface area contributed by atoms with Crippen molar-refractivity contribution in [2.45, 2.75) is 18.9 Å². The number of rotatable bonds is 1. The van der Waals surface area contributed by atoms with Gasteiger partial charge < -0.3 is 10.4 Å². The van der Waals surface area contributed by atoms with Crippen LogP contribution in [0.5, 0.6) is 0 Å². The minimum Gasteiger partial charge on any atom is -0.465 e. The molecule has 0 radical (unpaired) electrons. The first-order chi connectivity index (χ1) is 5.18. The smallest absolute Gasteiger partial charge is 0.404 e. The molecule has 1 aliphatic heterocycles. The average Bonchev–Trinajstić information content (AvgIpc) is 1.93. The highest BCUT2D eigenvalue weighted by atomic mass is 32.2. The second-order valence-corrected chi connectivity index (χ2v) is 4.27. The SMILES string of the molecule is O=C(O)NC1CCS(=O)CC1.[HH]. The standard InChI is InChI=1S/C6H11NO3S.H2/c8-6(9)7-5-1-3-11(10)4-2-5;/h5,7H,1-4H2,(H,8,9);1H. The normalized spacial score (nSPS) is 31.3. The van der Waals surface area contributed by atoms with Crippen molar-refractivity contribution < 1.29 is 15.5 Å². The van der Waals surface area contributed by atoms with Crippen LogP contribution in [0.3, 0.4) is 0 Å². The summed E-state index contributed by atoms with van der Waals surface area (Å²) in [5.74, 6) is 1.26. The molecule has 2 N–H and O–H groups in total. The van der Waals surface area contributed by atoms with E-state index in [0.717, 1.165) is 0 Å². The molecule has 0 atom stereocenters. The lowest BCUT2D eigenvalue weighted by atomic mass is 10.2. The van der Waals surface area contributed by atoms with Crippen LogP contribution in [0, 0.1) is 0 Å². The fourth-order valence-electron chi connectivity index (χ4n) is 1.11. The van der Waals surface area contributed by atoms with Crippen LogP contribution >= 0.6 is 0 Å². The van der Waals surface area contributed by atoms with Gasteiger partial charge in [-0.05, 0) is 12.8 Å². The fraction of sp³-hybridized carbons (Fsp3) is 0.833. The quantitative estimate of drug-likeness (QED) is 0.612. The maximum absolute atomic E-state index is 10.8. The number of nitrogens with one attached hydrogen (secondary N) is 1. The molecule has 5 heteroatoms. The Morgan fingerprint density at radius 3 is 2.55 bits per heavy atom. The molecule has 1 saturated heterocycles. The molecule has 1 aliphatic rings. The number of carbonyl (C=O) groups is 1. The van der Waals surface area contributed by atoms with Crippen LogP contribution in [0.25, 0.3) is 0 Å². The number of amides is 1. The second-order valence-electron chi connectivity index (χ2n) is 2.57. The van der Waals surface area contributed by atoms with E-state index in [2.05, 4.69) is 5.32 Å². The maximum atomic E-state index is 10.8. The lowest BCUT2D eigenvalue weighted by molar-refractivity contribution is 0.189. The number of hydrogen-bond acceptors (Lipinski definition) is 2. The van der Waals surface area contributed by atoms with Gasteiger partial charge in [-0.3, -0.25) is 4.21 Å². The van der Waals surface area contributed by atoms with E-state index < -0.39 is 16.9 Å². The molecule has 1 fully saturated rings. The summed E-state index contributed by atoms with van der Waals surface area (Å²) in [6.45, 7) is 0. The summed E-state index contributed by atoms with van der Waals surface area (Å²) in [7, 11) is -0.709. The van der Waals surface area contributed by atoms with Crippen LogP contribution in [0.2, 0.25) is 0 Å². The van der Waals surface area contributed by atoms with Crippen LogP contribution in [0.1, 0.15) is 14.3 Å². The summed E-state index contributed by atoms with van der Waals surface area (Å²) in [4.78, 5) is 10.2. The molecule has 0 bridgehead atoms. The van der Waals surface area contributed by atoms with E-state index in [9.17, 15) is 9.00 Å². The van der Waals surface area contributed by atoms with E-state index in [1.54, 1.807) is 0 Å². The zero-order valence-corrected chi connectivity index (χ0v) is 6.89. The molecule has 0 spiro atoms. The zero-order chi connectivity index (χ0) is 8.27. The summed E-state index contributed by atoms with van der Waals surface area (Å²) in [5, 5.41) is 10.7. The third-order valence-corrected chi connectivity index (χ3v) is 3.10. The van der Waals surface area contributed by atoms with E-state index in [1.807, 2.05) is 0 Å². The van der Waals surface area contributed by atoms with Gasteiger partial charge in [-0.1, -0.05) is 0 Å². The van der Waals surface area contributed by atoms with Gasteiger partial charge in [-0.15, -0.1) is 0 Å². The van der Waals surface area contributed by atoms with Gasteiger partial charge in [0.25, 0.3) is 0 Å². The minimum absolute atomic E-state index is 0. The molecule has 0 aromatic rings. The summed E-state index contributed by atoms with van der Waals surface area (Å²) >= 11 is 0. The highest BCUT2D eigenvalue weighted by molar-refractivity contribution is 7.85. The molecule has 0 aromatic carbocycles. The Kier molecular flexibility index (Phi) is 2.87. The minimum atomic E-state index is -0.984. The summed E-state index contributed by atoms with van der Waals surface area (Å²) in [5.41, 5.74) is 0. The Morgan fingerprint density at radius 1 is 1.55 bits per heavy atom. The third-order valence-electron chi connectivity index (χ3n) is 1.72. The monoisotopic (exact) mass is 179 g/mol. The van der Waals surface area contributed by atoms with Crippen molar-refractivity contribution in [3.05, 3.63) is 0 Å². The van der Waals surface area contributed by atoms with Crippen molar-refractivity contribution in [2.75, 3.05) is 11.5 Å². The third kappa shape index (κ3) is 2.88. The summed E-state index contributed by atoms with van der Waals surface area (Å²) < 4.78 is 10.8. The lowest BCUT2D eigenvalue weighted by Crippen LogP contribution is -2.38. The van der Waals surface area contributed by atoms with Crippen LogP contribution in [0.4, 0.5) is 4.79 Å². The van der Waals surface area contributed by atoms with Gasteiger partial charge in [0.05, 0.1) is 0 Å². The van der Waals surface area contributed by atoms with Crippen LogP contribution in [0.15, 0.2) is 0 Å². The van der Waals surface area contributed by atoms with Crippen LogP contribution in [-0.2, 0) is 10.8 Å². The van der Waals surface area contributed by atoms with Crippen molar-refractivity contribution in [3.8, 4) is 0 Å². The molecule has 4 nitrogen and oxygen atoms in total. The molecule has 66 valence electrons. The van der Waals surface area contributed by atoms with Gasteiger partial charge in [0.15, 0.2) is 0 Å². The molecular weight excluding hydrogens is 166 g/mol. The maximum Gasteiger partial charge on any atom is 0.404 e. The first-order valence-electron chi connectivity index (χ1n) is 3.53. The second kappa shape index (κ2) is 3.71. The van der Waals surface area contributed by atoms with Crippen molar-refractivity contribution in [1.82, 2.24) is 5.32 Å². The Balaban J connectivity index is 0.00000121. The Bertz CT molecular complexity index is 178. The van der Waals surface area contributed by atoms with Crippen LogP contribution in [-0.4, -0.2) is 33.0 Å². The fourth-order valence-corrected chi connectivity index (χ4v) is 2.41. The predicted octanol–water partition coefficient (Wildman–Crippen LogP) is 0.411. The predicted molar refractivity (Wildman–Crippen MR) is 44.2 cm³/mol. The van der Waals surface area contributed by atoms with Crippen molar-refractivity contribution >= 4 is 16.9 Å². The largest absolute Gasteiger partial charge is 0.465 e. The number of hydrogen-bond donors (Lipinski definition) is 2. The van der Waals surface area contributed by atoms with Crippen molar-refractivity contribution in [2.24, 2.45) is 0 Å². The Hall–Kier alpha value is -0.580. The highest BCUT2D eigenvalue weighted by Gasteiger charge is 2.18. The van der Waals surface area contributed by atoms with E-state index in [1.165, 1.54) is 0 Å². The Morgan fingerprint density at radius 2 is 2.09 bits per heavy atom. The van der Waals surface area contributed by atoms with Gasteiger partial charge in [-0.25, -0.2) is 4.79 Å². The highest BCUT2D eigenvalue weighted by Crippen LogP contribution is 2.08. The topological polar surface area (TPSA) is 66.4 Å². The molecule has 1 heterocycles. The van der Waals surface area contributed by atoms with Gasteiger partial charge in [0.1, 0.15) is 0 Å². The van der Waals surface area contributed by atoms with Crippen LogP contribution < -0.4 is 5.32 Å². The summed E-state index contributed by atoms with van der Waals surface area (Å²) in [6.07, 6.45) is 0.431. The van der Waals surface area contributed by atoms with Crippen molar-refractivity contribution in [1.29, 1.82) is 0 Å². The van der Waals surface area contributed by atoms with E-state index in [4.69, 9.17) is 5.11 Å². The van der Waals surface area contributed by atoms with Gasteiger partial charge in [0, 0.05) is 29.8 Å². The molecular formula is C6H13NO3S. The molecule has 11 heavy (non-hydrogen) atoms. The van der Waals surface area contributed by atoms with Gasteiger partial charge in [-0.2, -0.15) is 0 Å². The van der Waals surface area contributed by atoms with E-state index in [-0.39, 0.29) is 7.47 Å². The zero-order valence-electron chi connectivity index (χ0n) is 6.08. The first kappa shape index (κ1) is 8.52. The van der Waals surface area contributed by atoms with Gasteiger partial charge >= 0.3 is 6.09 Å². The molecule has 0 saturated carbocycles. The van der Waals surface area contributed by atoms with E-state index >= 15 is 0 Å². The lowest BCUT2D eigenvalue weighted by Gasteiger charge is -2.20. The van der Waals surface area contributed by atoms with Gasteiger partial charge in [0.2, 0.25) is 0 Å². The molecule has 0 aromatic heterocycles. The Labute approximate surface area is 68.9 Å². The molecule has 0 aliphatic carbocycles. The van der Waals surface area contributed by atoms with Crippen molar-refractivity contribution in [3.63, 3.8) is 0 Å². The number of carboxylic acid groups (broad SMARTS) is 1. The first-order valence-corrected chi connectivity index (χ1v) is 5.01.